The van der Waals surface area contributed by atoms with Gasteiger partial charge in [0.15, 0.2) is 11.5 Å². The summed E-state index contributed by atoms with van der Waals surface area (Å²) in [4.78, 5) is 57.3. The van der Waals surface area contributed by atoms with Crippen molar-refractivity contribution in [3.05, 3.63) is 51.9 Å². The van der Waals surface area contributed by atoms with E-state index in [4.69, 9.17) is 14.2 Å². The van der Waals surface area contributed by atoms with E-state index in [0.717, 1.165) is 21.9 Å². The van der Waals surface area contributed by atoms with Crippen molar-refractivity contribution in [1.82, 2.24) is 19.3 Å². The van der Waals surface area contributed by atoms with Crippen molar-refractivity contribution < 1.29 is 28.6 Å². The van der Waals surface area contributed by atoms with Crippen LogP contribution in [0, 0.1) is 11.3 Å². The first-order valence-electron chi connectivity index (χ1n) is 12.9. The molecule has 2 fully saturated rings. The normalized spacial score (nSPS) is 22.5. The van der Waals surface area contributed by atoms with Gasteiger partial charge < -0.3 is 23.7 Å². The number of carbonyl (C=O) groups excluding carboxylic acids is 3. The number of methoxy groups -OCH3 is 3. The SMILES string of the molecule is COc1cc(OC)c(OC)cc1CC1(CN2C[C@H]3C[C@@H](C2)c2cccc(=O)n2C3)C(=O)N(C)C(=O)N(C)C1=O. The van der Waals surface area contributed by atoms with E-state index in [2.05, 4.69) is 4.90 Å². The summed E-state index contributed by atoms with van der Waals surface area (Å²) in [5, 5.41) is 0. The number of urea groups is 1. The lowest BCUT2D eigenvalue weighted by Gasteiger charge is -2.48. The van der Waals surface area contributed by atoms with E-state index in [1.807, 2.05) is 10.6 Å². The molecule has 4 heterocycles. The minimum atomic E-state index is -1.58. The molecule has 1 aromatic heterocycles. The molecule has 11 heteroatoms. The molecule has 39 heavy (non-hydrogen) atoms. The van der Waals surface area contributed by atoms with E-state index in [1.54, 1.807) is 24.3 Å². The maximum atomic E-state index is 13.9. The summed E-state index contributed by atoms with van der Waals surface area (Å²) < 4.78 is 18.4. The number of fused-ring (bicyclic) bond motifs is 4. The Morgan fingerprint density at radius 1 is 0.846 bits per heavy atom. The fourth-order valence-electron chi connectivity index (χ4n) is 6.54. The van der Waals surface area contributed by atoms with Crippen LogP contribution >= 0.6 is 0 Å². The molecular formula is C28H34N4O7. The fraction of sp³-hybridized carbons (Fsp3) is 0.500. The maximum absolute atomic E-state index is 13.9. The molecule has 3 aliphatic rings. The highest BCUT2D eigenvalue weighted by Crippen LogP contribution is 2.42. The van der Waals surface area contributed by atoms with Crippen LogP contribution in [-0.2, 0) is 22.6 Å². The first-order chi connectivity index (χ1) is 18.6. The predicted octanol–water partition coefficient (Wildman–Crippen LogP) is 1.57. The Morgan fingerprint density at radius 3 is 2.13 bits per heavy atom. The van der Waals surface area contributed by atoms with Gasteiger partial charge in [-0.2, -0.15) is 0 Å². The van der Waals surface area contributed by atoms with Crippen molar-refractivity contribution in [3.8, 4) is 17.2 Å². The lowest BCUT2D eigenvalue weighted by molar-refractivity contribution is -0.159. The molecule has 4 amide bonds. The summed E-state index contributed by atoms with van der Waals surface area (Å²) in [6.07, 6.45) is 0.939. The average molecular weight is 539 g/mol. The third-order valence-electron chi connectivity index (χ3n) is 8.33. The van der Waals surface area contributed by atoms with Gasteiger partial charge in [0.05, 0.1) is 21.3 Å². The number of benzene rings is 1. The third kappa shape index (κ3) is 4.34. The molecular weight excluding hydrogens is 504 g/mol. The molecule has 0 radical (unpaired) electrons. The van der Waals surface area contributed by atoms with Crippen molar-refractivity contribution in [2.45, 2.75) is 25.3 Å². The number of rotatable bonds is 7. The van der Waals surface area contributed by atoms with Gasteiger partial charge in [-0.15, -0.1) is 0 Å². The topological polar surface area (TPSA) is 111 Å². The molecule has 2 aromatic rings. The molecule has 2 bridgehead atoms. The second-order valence-electron chi connectivity index (χ2n) is 10.7. The number of carbonyl (C=O) groups is 3. The maximum Gasteiger partial charge on any atom is 0.332 e. The molecule has 2 saturated heterocycles. The van der Waals surface area contributed by atoms with Gasteiger partial charge in [-0.1, -0.05) is 6.07 Å². The number of imide groups is 2. The third-order valence-corrected chi connectivity index (χ3v) is 8.33. The van der Waals surface area contributed by atoms with Gasteiger partial charge in [0.2, 0.25) is 11.8 Å². The molecule has 1 aromatic carbocycles. The summed E-state index contributed by atoms with van der Waals surface area (Å²) in [6.45, 7) is 1.93. The van der Waals surface area contributed by atoms with Gasteiger partial charge in [0.1, 0.15) is 11.2 Å². The zero-order valence-electron chi connectivity index (χ0n) is 22.9. The lowest BCUT2D eigenvalue weighted by atomic mass is 9.75. The number of nitrogens with zero attached hydrogens (tertiary/aromatic N) is 4. The van der Waals surface area contributed by atoms with E-state index in [1.165, 1.54) is 35.4 Å². The number of hydrogen-bond donors (Lipinski definition) is 0. The standard InChI is InChI=1S/C28H34N4O7/c1-29-25(34)28(26(35)30(2)27(29)36,12-18-10-22(38-4)23(39-5)11-21(18)37-3)16-31-13-17-9-19(15-31)20-7-6-8-24(33)32(20)14-17/h6-8,10-11,17,19H,9,12-16H2,1-5H3/t17-,19+/m1/s1. The number of barbiturate groups is 1. The Labute approximate surface area is 226 Å². The summed E-state index contributed by atoms with van der Waals surface area (Å²) >= 11 is 0. The van der Waals surface area contributed by atoms with Crippen LogP contribution in [0.1, 0.15) is 23.6 Å². The monoisotopic (exact) mass is 538 g/mol. The van der Waals surface area contributed by atoms with Crippen molar-refractivity contribution >= 4 is 17.8 Å². The Morgan fingerprint density at radius 2 is 1.49 bits per heavy atom. The number of aromatic nitrogens is 1. The quantitative estimate of drug-likeness (QED) is 0.489. The number of amides is 4. The van der Waals surface area contributed by atoms with Gasteiger partial charge in [-0.3, -0.25) is 24.2 Å². The molecule has 0 saturated carbocycles. The zero-order chi connectivity index (χ0) is 28.1. The Bertz CT molecular complexity index is 1360. The van der Waals surface area contributed by atoms with Crippen molar-refractivity contribution in [1.29, 1.82) is 0 Å². The van der Waals surface area contributed by atoms with Crippen molar-refractivity contribution in [2.24, 2.45) is 11.3 Å². The first-order valence-corrected chi connectivity index (χ1v) is 12.9. The zero-order valence-corrected chi connectivity index (χ0v) is 22.9. The van der Waals surface area contributed by atoms with E-state index in [-0.39, 0.29) is 30.4 Å². The molecule has 11 nitrogen and oxygen atoms in total. The summed E-state index contributed by atoms with van der Waals surface area (Å²) in [6, 6.07) is 8.05. The number of pyridine rings is 1. The molecule has 208 valence electrons. The second kappa shape index (κ2) is 10.0. The highest BCUT2D eigenvalue weighted by Gasteiger charge is 2.57. The Kier molecular flexibility index (Phi) is 6.88. The molecule has 5 rings (SSSR count). The summed E-state index contributed by atoms with van der Waals surface area (Å²) in [7, 11) is 7.34. The van der Waals surface area contributed by atoms with Gasteiger partial charge in [-0.25, -0.2) is 4.79 Å². The fourth-order valence-corrected chi connectivity index (χ4v) is 6.54. The predicted molar refractivity (Wildman–Crippen MR) is 141 cm³/mol. The Hall–Kier alpha value is -3.86. The summed E-state index contributed by atoms with van der Waals surface area (Å²) in [5.41, 5.74) is -0.0225. The van der Waals surface area contributed by atoms with Gasteiger partial charge in [0, 0.05) is 70.4 Å². The molecule has 0 N–H and O–H groups in total. The van der Waals surface area contributed by atoms with E-state index in [0.29, 0.717) is 42.4 Å². The van der Waals surface area contributed by atoms with Crippen LogP contribution in [0.2, 0.25) is 0 Å². The van der Waals surface area contributed by atoms with Gasteiger partial charge in [0.25, 0.3) is 5.56 Å². The smallest absolute Gasteiger partial charge is 0.332 e. The number of likely N-dealkylation sites (tertiary alicyclic amines) is 1. The number of hydrogen-bond acceptors (Lipinski definition) is 8. The van der Waals surface area contributed by atoms with Gasteiger partial charge in [-0.05, 0) is 30.0 Å². The van der Waals surface area contributed by atoms with Crippen LogP contribution < -0.4 is 19.8 Å². The van der Waals surface area contributed by atoms with Gasteiger partial charge >= 0.3 is 6.03 Å². The van der Waals surface area contributed by atoms with Crippen molar-refractivity contribution in [2.75, 3.05) is 55.1 Å². The first kappa shape index (κ1) is 26.7. The largest absolute Gasteiger partial charge is 0.496 e. The van der Waals surface area contributed by atoms with Crippen molar-refractivity contribution in [3.63, 3.8) is 0 Å². The average Bonchev–Trinajstić information content (AvgIpc) is 2.94. The highest BCUT2D eigenvalue weighted by molar-refractivity contribution is 6.19. The molecule has 0 unspecified atom stereocenters. The van der Waals surface area contributed by atoms with E-state index >= 15 is 0 Å². The van der Waals surface area contributed by atoms with Crippen LogP contribution in [0.5, 0.6) is 17.2 Å². The van der Waals surface area contributed by atoms with E-state index < -0.39 is 23.3 Å². The minimum Gasteiger partial charge on any atom is -0.496 e. The van der Waals surface area contributed by atoms with Crippen LogP contribution in [-0.4, -0.2) is 92.2 Å². The molecule has 3 aliphatic heterocycles. The van der Waals surface area contributed by atoms with Crippen LogP contribution in [0.25, 0.3) is 0 Å². The second-order valence-corrected chi connectivity index (χ2v) is 10.7. The number of piperidine rings is 1. The van der Waals surface area contributed by atoms with E-state index in [9.17, 15) is 19.2 Å². The number of ether oxygens (including phenoxy) is 3. The van der Waals surface area contributed by atoms with Crippen LogP contribution in [0.15, 0.2) is 35.1 Å². The summed E-state index contributed by atoms with van der Waals surface area (Å²) in [5.74, 6) is 0.528. The lowest BCUT2D eigenvalue weighted by Crippen LogP contribution is -2.67. The highest BCUT2D eigenvalue weighted by atomic mass is 16.5. The minimum absolute atomic E-state index is 0.00195. The van der Waals surface area contributed by atoms with Crippen LogP contribution in [0.4, 0.5) is 4.79 Å². The van der Waals surface area contributed by atoms with Crippen LogP contribution in [0.3, 0.4) is 0 Å². The molecule has 0 spiro atoms. The molecule has 2 atom stereocenters. The Balaban J connectivity index is 1.56. The molecule has 0 aliphatic carbocycles.